The molecule has 0 aromatic carbocycles. The average molecular weight is 268 g/mol. The van der Waals surface area contributed by atoms with E-state index in [0.29, 0.717) is 11.8 Å². The number of nitrogens with zero attached hydrogens (tertiary/aromatic N) is 3. The van der Waals surface area contributed by atoms with Gasteiger partial charge in [-0.15, -0.1) is 11.6 Å². The van der Waals surface area contributed by atoms with Gasteiger partial charge < -0.3 is 4.90 Å². The van der Waals surface area contributed by atoms with Crippen molar-refractivity contribution in [3.8, 4) is 0 Å². The van der Waals surface area contributed by atoms with Crippen molar-refractivity contribution in [2.75, 3.05) is 18.0 Å². The zero-order chi connectivity index (χ0) is 13.1. The monoisotopic (exact) mass is 267 g/mol. The Labute approximate surface area is 115 Å². The highest BCUT2D eigenvalue weighted by atomic mass is 35.5. The zero-order valence-electron chi connectivity index (χ0n) is 11.5. The lowest BCUT2D eigenvalue weighted by Gasteiger charge is -2.32. The Kier molecular flexibility index (Phi) is 4.44. The molecule has 1 aliphatic rings. The van der Waals surface area contributed by atoms with Crippen molar-refractivity contribution in [1.82, 2.24) is 9.97 Å². The highest BCUT2D eigenvalue weighted by Gasteiger charge is 2.19. The summed E-state index contributed by atoms with van der Waals surface area (Å²) in [5, 5.41) is 0. The maximum atomic E-state index is 6.04. The van der Waals surface area contributed by atoms with Crippen molar-refractivity contribution in [3.05, 3.63) is 17.7 Å². The highest BCUT2D eigenvalue weighted by molar-refractivity contribution is 6.17. The molecule has 100 valence electrons. The van der Waals surface area contributed by atoms with Crippen LogP contribution in [0.25, 0.3) is 0 Å². The Hall–Kier alpha value is -0.830. The van der Waals surface area contributed by atoms with E-state index < -0.39 is 0 Å². The second-order valence-electron chi connectivity index (χ2n) is 5.52. The molecule has 0 bridgehead atoms. The van der Waals surface area contributed by atoms with Gasteiger partial charge >= 0.3 is 0 Å². The molecule has 0 spiro atoms. The Balaban J connectivity index is 2.22. The molecule has 1 aromatic rings. The minimum atomic E-state index is 0.349. The first-order valence-electron chi connectivity index (χ1n) is 6.78. The molecular weight excluding hydrogens is 246 g/mol. The molecule has 1 aromatic heterocycles. The first-order valence-corrected chi connectivity index (χ1v) is 7.32. The van der Waals surface area contributed by atoms with Gasteiger partial charge in [0.1, 0.15) is 5.82 Å². The number of piperidine rings is 1. The van der Waals surface area contributed by atoms with Crippen LogP contribution < -0.4 is 4.90 Å². The van der Waals surface area contributed by atoms with Crippen molar-refractivity contribution in [2.24, 2.45) is 5.92 Å². The summed E-state index contributed by atoms with van der Waals surface area (Å²) in [6.45, 7) is 8.72. The Morgan fingerprint density at radius 1 is 1.39 bits per heavy atom. The summed E-state index contributed by atoms with van der Waals surface area (Å²) in [7, 11) is 0. The van der Waals surface area contributed by atoms with Crippen LogP contribution in [0.3, 0.4) is 0 Å². The van der Waals surface area contributed by atoms with Crippen LogP contribution in [0.15, 0.2) is 6.20 Å². The normalized spacial score (nSPS) is 17.5. The van der Waals surface area contributed by atoms with Crippen molar-refractivity contribution >= 4 is 17.3 Å². The standard InChI is InChI=1S/C14H22ClN3/c1-10(2)14-16-9-13(12(8-15)17-14)18-6-4-11(3)5-7-18/h9-11H,4-8H2,1-3H3. The molecule has 0 saturated carbocycles. The fourth-order valence-electron chi connectivity index (χ4n) is 2.32. The maximum absolute atomic E-state index is 6.04. The number of alkyl halides is 1. The number of hydrogen-bond acceptors (Lipinski definition) is 3. The third kappa shape index (κ3) is 2.94. The van der Waals surface area contributed by atoms with Crippen LogP contribution in [0.2, 0.25) is 0 Å². The number of hydrogen-bond donors (Lipinski definition) is 0. The molecule has 1 fully saturated rings. The Morgan fingerprint density at radius 3 is 2.61 bits per heavy atom. The van der Waals surface area contributed by atoms with Crippen LogP contribution in [0.5, 0.6) is 0 Å². The molecular formula is C14H22ClN3. The van der Waals surface area contributed by atoms with Crippen molar-refractivity contribution in [3.63, 3.8) is 0 Å². The number of anilines is 1. The Morgan fingerprint density at radius 2 is 2.06 bits per heavy atom. The molecule has 0 aliphatic carbocycles. The summed E-state index contributed by atoms with van der Waals surface area (Å²) >= 11 is 6.04. The van der Waals surface area contributed by atoms with E-state index in [1.165, 1.54) is 12.8 Å². The molecule has 2 heterocycles. The van der Waals surface area contributed by atoms with Crippen LogP contribution in [-0.4, -0.2) is 23.1 Å². The molecule has 18 heavy (non-hydrogen) atoms. The molecule has 1 aliphatic heterocycles. The first kappa shape index (κ1) is 13.6. The molecule has 0 N–H and O–H groups in total. The van der Waals surface area contributed by atoms with Crippen molar-refractivity contribution in [1.29, 1.82) is 0 Å². The zero-order valence-corrected chi connectivity index (χ0v) is 12.2. The summed E-state index contributed by atoms with van der Waals surface area (Å²) in [5.41, 5.74) is 2.10. The third-order valence-electron chi connectivity index (χ3n) is 3.63. The lowest BCUT2D eigenvalue weighted by Crippen LogP contribution is -2.33. The topological polar surface area (TPSA) is 29.0 Å². The SMILES string of the molecule is CC1CCN(c2cnc(C(C)C)nc2CCl)CC1. The van der Waals surface area contributed by atoms with Gasteiger partial charge in [-0.2, -0.15) is 0 Å². The summed E-state index contributed by atoms with van der Waals surface area (Å²) in [5.74, 6) is 2.53. The van der Waals surface area contributed by atoms with E-state index in [2.05, 4.69) is 35.6 Å². The summed E-state index contributed by atoms with van der Waals surface area (Å²) < 4.78 is 0. The molecule has 0 amide bonds. The second kappa shape index (κ2) is 5.87. The van der Waals surface area contributed by atoms with Crippen LogP contribution in [0.1, 0.15) is 51.0 Å². The molecule has 0 atom stereocenters. The smallest absolute Gasteiger partial charge is 0.131 e. The predicted octanol–water partition coefficient (Wildman–Crippen LogP) is 3.58. The molecule has 0 unspecified atom stereocenters. The van der Waals surface area contributed by atoms with E-state index in [9.17, 15) is 0 Å². The van der Waals surface area contributed by atoms with Gasteiger partial charge in [-0.3, -0.25) is 0 Å². The van der Waals surface area contributed by atoms with E-state index in [4.69, 9.17) is 11.6 Å². The van der Waals surface area contributed by atoms with E-state index in [-0.39, 0.29) is 0 Å². The van der Waals surface area contributed by atoms with Crippen molar-refractivity contribution in [2.45, 2.75) is 45.4 Å². The molecule has 1 saturated heterocycles. The van der Waals surface area contributed by atoms with Crippen LogP contribution >= 0.6 is 11.6 Å². The lowest BCUT2D eigenvalue weighted by atomic mass is 9.99. The fraction of sp³-hybridized carbons (Fsp3) is 0.714. The molecule has 2 rings (SSSR count). The van der Waals surface area contributed by atoms with E-state index >= 15 is 0 Å². The van der Waals surface area contributed by atoms with Gasteiger partial charge in [-0.1, -0.05) is 20.8 Å². The van der Waals surface area contributed by atoms with Crippen molar-refractivity contribution < 1.29 is 0 Å². The number of rotatable bonds is 3. The lowest BCUT2D eigenvalue weighted by molar-refractivity contribution is 0.437. The molecule has 0 radical (unpaired) electrons. The fourth-order valence-corrected chi connectivity index (χ4v) is 2.51. The highest BCUT2D eigenvalue weighted by Crippen LogP contribution is 2.26. The van der Waals surface area contributed by atoms with E-state index in [1.807, 2.05) is 6.20 Å². The molecule has 4 heteroatoms. The van der Waals surface area contributed by atoms with Gasteiger partial charge in [-0.25, -0.2) is 9.97 Å². The Bertz CT molecular complexity index is 398. The maximum Gasteiger partial charge on any atom is 0.131 e. The summed E-state index contributed by atoms with van der Waals surface area (Å²) in [6.07, 6.45) is 4.44. The van der Waals surface area contributed by atoms with Gasteiger partial charge in [0.05, 0.1) is 23.5 Å². The third-order valence-corrected chi connectivity index (χ3v) is 3.88. The minimum Gasteiger partial charge on any atom is -0.369 e. The van der Waals surface area contributed by atoms with E-state index in [0.717, 1.165) is 36.2 Å². The summed E-state index contributed by atoms with van der Waals surface area (Å²) in [4.78, 5) is 11.4. The molecule has 3 nitrogen and oxygen atoms in total. The average Bonchev–Trinajstić information content (AvgIpc) is 2.39. The number of halogens is 1. The van der Waals surface area contributed by atoms with Crippen LogP contribution in [0.4, 0.5) is 5.69 Å². The van der Waals surface area contributed by atoms with Gasteiger partial charge in [0.25, 0.3) is 0 Å². The van der Waals surface area contributed by atoms with Crippen LogP contribution in [-0.2, 0) is 5.88 Å². The van der Waals surface area contributed by atoms with Crippen LogP contribution in [0, 0.1) is 5.92 Å². The van der Waals surface area contributed by atoms with Gasteiger partial charge in [0.15, 0.2) is 0 Å². The van der Waals surface area contributed by atoms with Gasteiger partial charge in [0.2, 0.25) is 0 Å². The van der Waals surface area contributed by atoms with E-state index in [1.54, 1.807) is 0 Å². The second-order valence-corrected chi connectivity index (χ2v) is 5.79. The van der Waals surface area contributed by atoms with Gasteiger partial charge in [0, 0.05) is 19.0 Å². The first-order chi connectivity index (χ1) is 8.61. The quantitative estimate of drug-likeness (QED) is 0.784. The predicted molar refractivity (Wildman–Crippen MR) is 76.3 cm³/mol. The largest absolute Gasteiger partial charge is 0.369 e. The number of aromatic nitrogens is 2. The summed E-state index contributed by atoms with van der Waals surface area (Å²) in [6, 6.07) is 0. The van der Waals surface area contributed by atoms with Gasteiger partial charge in [-0.05, 0) is 18.8 Å². The minimum absolute atomic E-state index is 0.349.